The maximum atomic E-state index is 13.9. The molecule has 2 heterocycles. The fourth-order valence-electron chi connectivity index (χ4n) is 2.56. The zero-order valence-corrected chi connectivity index (χ0v) is 17.5. The van der Waals surface area contributed by atoms with Gasteiger partial charge in [0.05, 0.1) is 11.9 Å². The number of ether oxygens (including phenoxy) is 1. The SMILES string of the molecule is NC(=O)c1c(OCc2c(F)cc(Cl)cc2F)nsc1NC(=O)NCCCn1ccnc1. The summed E-state index contributed by atoms with van der Waals surface area (Å²) in [5.74, 6) is -2.98. The molecule has 3 aromatic rings. The lowest BCUT2D eigenvalue weighted by atomic mass is 10.2. The summed E-state index contributed by atoms with van der Waals surface area (Å²) >= 11 is 6.33. The van der Waals surface area contributed by atoms with Gasteiger partial charge in [-0.2, -0.15) is 4.37 Å². The summed E-state index contributed by atoms with van der Waals surface area (Å²) in [5.41, 5.74) is 4.77. The smallest absolute Gasteiger partial charge is 0.319 e. The van der Waals surface area contributed by atoms with Crippen molar-refractivity contribution in [2.45, 2.75) is 19.6 Å². The molecule has 0 atom stereocenters. The van der Waals surface area contributed by atoms with Gasteiger partial charge in [0.25, 0.3) is 5.91 Å². The molecule has 0 saturated carbocycles. The van der Waals surface area contributed by atoms with Crippen LogP contribution in [0.4, 0.5) is 18.6 Å². The molecule has 9 nitrogen and oxygen atoms in total. The van der Waals surface area contributed by atoms with Crippen molar-refractivity contribution >= 4 is 40.1 Å². The minimum atomic E-state index is -0.920. The number of rotatable bonds is 9. The summed E-state index contributed by atoms with van der Waals surface area (Å²) in [4.78, 5) is 27.8. The third kappa shape index (κ3) is 5.89. The predicted octanol–water partition coefficient (Wildman–Crippen LogP) is 3.16. The second-order valence-electron chi connectivity index (χ2n) is 6.23. The van der Waals surface area contributed by atoms with Crippen molar-refractivity contribution in [2.24, 2.45) is 5.73 Å². The fourth-order valence-corrected chi connectivity index (χ4v) is 3.48. The molecule has 4 N–H and O–H groups in total. The van der Waals surface area contributed by atoms with Crippen molar-refractivity contribution in [1.29, 1.82) is 0 Å². The van der Waals surface area contributed by atoms with E-state index in [0.29, 0.717) is 19.5 Å². The van der Waals surface area contributed by atoms with Crippen molar-refractivity contribution in [3.05, 3.63) is 58.6 Å². The number of amides is 3. The van der Waals surface area contributed by atoms with Gasteiger partial charge in [-0.3, -0.25) is 10.1 Å². The first kappa shape index (κ1) is 22.4. The predicted molar refractivity (Wildman–Crippen MR) is 110 cm³/mol. The Balaban J connectivity index is 1.59. The van der Waals surface area contributed by atoms with E-state index in [4.69, 9.17) is 22.1 Å². The van der Waals surface area contributed by atoms with Crippen LogP contribution >= 0.6 is 23.1 Å². The van der Waals surface area contributed by atoms with Gasteiger partial charge in [0.15, 0.2) is 0 Å². The Bertz CT molecular complexity index is 1050. The number of primary amides is 1. The molecular formula is C18H17ClF2N6O3S. The Hall–Kier alpha value is -3.25. The largest absolute Gasteiger partial charge is 0.471 e. The second-order valence-corrected chi connectivity index (χ2v) is 7.44. The maximum Gasteiger partial charge on any atom is 0.319 e. The number of nitrogens with one attached hydrogen (secondary N) is 2. The van der Waals surface area contributed by atoms with Gasteiger partial charge in [0.1, 0.15) is 28.8 Å². The first-order valence-electron chi connectivity index (χ1n) is 8.91. The molecule has 0 saturated heterocycles. The molecule has 0 unspecified atom stereocenters. The zero-order chi connectivity index (χ0) is 22.4. The average molecular weight is 471 g/mol. The maximum absolute atomic E-state index is 13.9. The number of halogens is 3. The highest BCUT2D eigenvalue weighted by Gasteiger charge is 2.23. The van der Waals surface area contributed by atoms with Gasteiger partial charge in [-0.15, -0.1) is 0 Å². The van der Waals surface area contributed by atoms with Crippen LogP contribution in [0.1, 0.15) is 22.3 Å². The summed E-state index contributed by atoms with van der Waals surface area (Å²) in [6.07, 6.45) is 5.78. The average Bonchev–Trinajstić information content (AvgIpc) is 3.34. The molecule has 0 aliphatic rings. The molecule has 0 aliphatic heterocycles. The highest BCUT2D eigenvalue weighted by Crippen LogP contribution is 2.31. The molecule has 0 fully saturated rings. The monoisotopic (exact) mass is 470 g/mol. The lowest BCUT2D eigenvalue weighted by Crippen LogP contribution is -2.30. The summed E-state index contributed by atoms with van der Waals surface area (Å²) < 4.78 is 38.9. The summed E-state index contributed by atoms with van der Waals surface area (Å²) in [7, 11) is 0. The number of anilines is 1. The molecule has 0 aliphatic carbocycles. The number of aryl methyl sites for hydroxylation is 1. The van der Waals surface area contributed by atoms with Crippen LogP contribution in [0, 0.1) is 11.6 Å². The van der Waals surface area contributed by atoms with Crippen molar-refractivity contribution in [3.63, 3.8) is 0 Å². The lowest BCUT2D eigenvalue weighted by Gasteiger charge is -2.09. The van der Waals surface area contributed by atoms with E-state index in [1.54, 1.807) is 18.7 Å². The first-order chi connectivity index (χ1) is 14.8. The Morgan fingerprint density at radius 1 is 1.29 bits per heavy atom. The van der Waals surface area contributed by atoms with Crippen molar-refractivity contribution in [3.8, 4) is 5.88 Å². The van der Waals surface area contributed by atoms with E-state index in [1.807, 2.05) is 4.57 Å². The van der Waals surface area contributed by atoms with E-state index in [-0.39, 0.29) is 21.5 Å². The van der Waals surface area contributed by atoms with Gasteiger partial charge in [0, 0.05) is 30.5 Å². The summed E-state index contributed by atoms with van der Waals surface area (Å²) in [6.45, 7) is 0.481. The molecule has 0 spiro atoms. The molecule has 0 radical (unpaired) electrons. The van der Waals surface area contributed by atoms with E-state index in [9.17, 15) is 18.4 Å². The Labute approximate surface area is 184 Å². The van der Waals surface area contributed by atoms with Crippen molar-refractivity contribution in [1.82, 2.24) is 19.2 Å². The Morgan fingerprint density at radius 3 is 2.68 bits per heavy atom. The zero-order valence-electron chi connectivity index (χ0n) is 15.9. The minimum Gasteiger partial charge on any atom is -0.471 e. The highest BCUT2D eigenvalue weighted by atomic mass is 35.5. The number of nitrogens with zero attached hydrogens (tertiary/aromatic N) is 3. The number of hydrogen-bond acceptors (Lipinski definition) is 6. The normalized spacial score (nSPS) is 10.7. The molecule has 31 heavy (non-hydrogen) atoms. The second kappa shape index (κ2) is 10.2. The van der Waals surface area contributed by atoms with E-state index < -0.39 is 35.7 Å². The van der Waals surface area contributed by atoms with Crippen molar-refractivity contribution in [2.75, 3.05) is 11.9 Å². The Morgan fingerprint density at radius 2 is 2.03 bits per heavy atom. The summed E-state index contributed by atoms with van der Waals surface area (Å²) in [6, 6.07) is 1.30. The van der Waals surface area contributed by atoms with Gasteiger partial charge in [-0.1, -0.05) is 11.6 Å². The standard InChI is InChI=1S/C18H17ClF2N6O3S/c19-10-6-12(20)11(13(21)7-10)8-30-16-14(15(22)28)17(31-26-16)25-18(29)24-2-1-4-27-5-3-23-9-27/h3,5-7,9H,1-2,4,8H2,(H2,22,28)(H2,24,25,29). The Kier molecular flexibility index (Phi) is 7.36. The van der Waals surface area contributed by atoms with Crippen LogP contribution in [-0.2, 0) is 13.2 Å². The number of benzene rings is 1. The topological polar surface area (TPSA) is 124 Å². The number of imidazole rings is 1. The van der Waals surface area contributed by atoms with Crippen LogP contribution in [0.2, 0.25) is 5.02 Å². The van der Waals surface area contributed by atoms with Gasteiger partial charge >= 0.3 is 6.03 Å². The van der Waals surface area contributed by atoms with Gasteiger partial charge in [-0.25, -0.2) is 18.6 Å². The van der Waals surface area contributed by atoms with Crippen LogP contribution in [0.25, 0.3) is 0 Å². The molecule has 0 bridgehead atoms. The van der Waals surface area contributed by atoms with E-state index in [0.717, 1.165) is 23.7 Å². The molecule has 1 aromatic carbocycles. The molecule has 3 rings (SSSR count). The van der Waals surface area contributed by atoms with E-state index in [2.05, 4.69) is 20.0 Å². The van der Waals surface area contributed by atoms with Crippen LogP contribution in [0.15, 0.2) is 30.9 Å². The minimum absolute atomic E-state index is 0.0478. The third-order valence-corrected chi connectivity index (χ3v) is 5.00. The van der Waals surface area contributed by atoms with Gasteiger partial charge in [0.2, 0.25) is 5.88 Å². The van der Waals surface area contributed by atoms with Gasteiger partial charge in [-0.05, 0) is 30.1 Å². The molecule has 164 valence electrons. The number of nitrogens with two attached hydrogens (primary N) is 1. The molecular weight excluding hydrogens is 454 g/mol. The van der Waals surface area contributed by atoms with E-state index >= 15 is 0 Å². The fraction of sp³-hybridized carbons (Fsp3) is 0.222. The number of urea groups is 1. The number of carbonyl (C=O) groups excluding carboxylic acids is 2. The van der Waals surface area contributed by atoms with Crippen LogP contribution in [-0.4, -0.2) is 32.4 Å². The number of carbonyl (C=O) groups is 2. The van der Waals surface area contributed by atoms with E-state index in [1.165, 1.54) is 0 Å². The van der Waals surface area contributed by atoms with Crippen LogP contribution < -0.4 is 21.1 Å². The molecule has 13 heteroatoms. The van der Waals surface area contributed by atoms with Crippen LogP contribution in [0.5, 0.6) is 5.88 Å². The summed E-state index contributed by atoms with van der Waals surface area (Å²) in [5, 5.41) is 5.06. The highest BCUT2D eigenvalue weighted by molar-refractivity contribution is 7.11. The van der Waals surface area contributed by atoms with Crippen LogP contribution in [0.3, 0.4) is 0 Å². The lowest BCUT2D eigenvalue weighted by molar-refractivity contribution is 0.0996. The first-order valence-corrected chi connectivity index (χ1v) is 10.1. The molecule has 2 aromatic heterocycles. The molecule has 3 amide bonds. The quantitative estimate of drug-likeness (QED) is 0.414. The number of hydrogen-bond donors (Lipinski definition) is 3. The van der Waals surface area contributed by atoms with Crippen molar-refractivity contribution < 1.29 is 23.1 Å². The van der Waals surface area contributed by atoms with Gasteiger partial charge < -0.3 is 20.4 Å². The number of aromatic nitrogens is 3. The third-order valence-electron chi connectivity index (χ3n) is 4.03.